The first-order valence-corrected chi connectivity index (χ1v) is 5.65. The predicted octanol–water partition coefficient (Wildman–Crippen LogP) is 3.32. The Balaban J connectivity index is 2.27. The minimum absolute atomic E-state index is 0.0505. The summed E-state index contributed by atoms with van der Waals surface area (Å²) in [6.45, 7) is 7.31. The molecule has 0 bridgehead atoms. The van der Waals surface area contributed by atoms with Crippen LogP contribution in [0.4, 0.5) is 0 Å². The Hall–Kier alpha value is -1.15. The maximum absolute atomic E-state index is 11.6. The molecule has 0 amide bonds. The van der Waals surface area contributed by atoms with Crippen molar-refractivity contribution in [2.24, 2.45) is 5.41 Å². The molecule has 0 atom stereocenters. The van der Waals surface area contributed by atoms with Crippen molar-refractivity contribution >= 4 is 5.78 Å². The lowest BCUT2D eigenvalue weighted by Crippen LogP contribution is -2.14. The van der Waals surface area contributed by atoms with Crippen LogP contribution in [-0.4, -0.2) is 19.0 Å². The van der Waals surface area contributed by atoms with Crippen molar-refractivity contribution in [3.8, 4) is 0 Å². The summed E-state index contributed by atoms with van der Waals surface area (Å²) in [4.78, 5) is 11.6. The maximum Gasteiger partial charge on any atom is 0.188 e. The SMILES string of the molecule is CC(C)(C)CCOCC(=O)c1ccccc1. The average molecular weight is 220 g/mol. The highest BCUT2D eigenvalue weighted by Crippen LogP contribution is 2.17. The number of benzene rings is 1. The van der Waals surface area contributed by atoms with Crippen molar-refractivity contribution in [1.82, 2.24) is 0 Å². The van der Waals surface area contributed by atoms with Gasteiger partial charge in [-0.3, -0.25) is 4.79 Å². The zero-order valence-electron chi connectivity index (χ0n) is 10.3. The van der Waals surface area contributed by atoms with Crippen LogP contribution in [0, 0.1) is 5.41 Å². The van der Waals surface area contributed by atoms with Gasteiger partial charge in [0.05, 0.1) is 0 Å². The summed E-state index contributed by atoms with van der Waals surface area (Å²) in [5.74, 6) is 0.0505. The van der Waals surface area contributed by atoms with Crippen LogP contribution < -0.4 is 0 Å². The standard InChI is InChI=1S/C14H20O2/c1-14(2,3)9-10-16-11-13(15)12-7-5-4-6-8-12/h4-8H,9-11H2,1-3H3. The normalized spacial score (nSPS) is 11.4. The second-order valence-corrected chi connectivity index (χ2v) is 5.15. The van der Waals surface area contributed by atoms with Gasteiger partial charge in [-0.1, -0.05) is 51.1 Å². The van der Waals surface area contributed by atoms with E-state index in [-0.39, 0.29) is 17.8 Å². The summed E-state index contributed by atoms with van der Waals surface area (Å²) >= 11 is 0. The Kier molecular flexibility index (Phi) is 4.69. The van der Waals surface area contributed by atoms with Gasteiger partial charge in [0.1, 0.15) is 6.61 Å². The fraction of sp³-hybridized carbons (Fsp3) is 0.500. The van der Waals surface area contributed by atoms with E-state index in [0.717, 1.165) is 12.0 Å². The number of carbonyl (C=O) groups excluding carboxylic acids is 1. The van der Waals surface area contributed by atoms with Crippen LogP contribution in [0.3, 0.4) is 0 Å². The van der Waals surface area contributed by atoms with Crippen molar-refractivity contribution in [2.45, 2.75) is 27.2 Å². The predicted molar refractivity (Wildman–Crippen MR) is 65.7 cm³/mol. The molecule has 16 heavy (non-hydrogen) atoms. The molecule has 0 saturated carbocycles. The molecule has 0 radical (unpaired) electrons. The third-order valence-corrected chi connectivity index (χ3v) is 2.33. The fourth-order valence-corrected chi connectivity index (χ4v) is 1.25. The molecule has 0 saturated heterocycles. The van der Waals surface area contributed by atoms with Crippen LogP contribution in [0.2, 0.25) is 0 Å². The number of Topliss-reactive ketones (excluding diaryl/α,β-unsaturated/α-hetero) is 1. The molecule has 1 rings (SSSR count). The van der Waals surface area contributed by atoms with Crippen LogP contribution in [0.15, 0.2) is 30.3 Å². The lowest BCUT2D eigenvalue weighted by atomic mass is 9.93. The summed E-state index contributed by atoms with van der Waals surface area (Å²) in [6, 6.07) is 9.26. The van der Waals surface area contributed by atoms with Gasteiger partial charge in [-0.25, -0.2) is 0 Å². The smallest absolute Gasteiger partial charge is 0.188 e. The summed E-state index contributed by atoms with van der Waals surface area (Å²) < 4.78 is 5.38. The lowest BCUT2D eigenvalue weighted by Gasteiger charge is -2.17. The number of hydrogen-bond donors (Lipinski definition) is 0. The van der Waals surface area contributed by atoms with Gasteiger partial charge in [-0.15, -0.1) is 0 Å². The van der Waals surface area contributed by atoms with Crippen LogP contribution in [-0.2, 0) is 4.74 Å². The van der Waals surface area contributed by atoms with Gasteiger partial charge in [0, 0.05) is 12.2 Å². The topological polar surface area (TPSA) is 26.3 Å². The van der Waals surface area contributed by atoms with Crippen LogP contribution >= 0.6 is 0 Å². The first-order valence-electron chi connectivity index (χ1n) is 5.65. The highest BCUT2D eigenvalue weighted by atomic mass is 16.5. The first kappa shape index (κ1) is 12.9. The van der Waals surface area contributed by atoms with Crippen LogP contribution in [0.25, 0.3) is 0 Å². The zero-order valence-corrected chi connectivity index (χ0v) is 10.3. The van der Waals surface area contributed by atoms with E-state index in [1.807, 2.05) is 30.3 Å². The number of hydrogen-bond acceptors (Lipinski definition) is 2. The summed E-state index contributed by atoms with van der Waals surface area (Å²) in [7, 11) is 0. The summed E-state index contributed by atoms with van der Waals surface area (Å²) in [6.07, 6.45) is 0.967. The largest absolute Gasteiger partial charge is 0.373 e. The Labute approximate surface area is 97.6 Å². The van der Waals surface area contributed by atoms with Crippen LogP contribution in [0.5, 0.6) is 0 Å². The average Bonchev–Trinajstić information content (AvgIpc) is 2.24. The van der Waals surface area contributed by atoms with E-state index in [2.05, 4.69) is 20.8 Å². The maximum atomic E-state index is 11.6. The van der Waals surface area contributed by atoms with Crippen molar-refractivity contribution in [3.63, 3.8) is 0 Å². The number of rotatable bonds is 5. The molecular formula is C14H20O2. The molecule has 0 N–H and O–H groups in total. The molecule has 1 aromatic rings. The highest BCUT2D eigenvalue weighted by Gasteiger charge is 2.10. The minimum Gasteiger partial charge on any atom is -0.373 e. The van der Waals surface area contributed by atoms with Crippen LogP contribution in [0.1, 0.15) is 37.6 Å². The second kappa shape index (κ2) is 5.80. The van der Waals surface area contributed by atoms with Crippen molar-refractivity contribution in [1.29, 1.82) is 0 Å². The molecule has 0 unspecified atom stereocenters. The van der Waals surface area contributed by atoms with E-state index < -0.39 is 0 Å². The lowest BCUT2D eigenvalue weighted by molar-refractivity contribution is 0.0705. The molecule has 0 aliphatic heterocycles. The Morgan fingerprint density at radius 1 is 1.19 bits per heavy atom. The molecular weight excluding hydrogens is 200 g/mol. The van der Waals surface area contributed by atoms with Gasteiger partial charge in [0.25, 0.3) is 0 Å². The Morgan fingerprint density at radius 3 is 2.38 bits per heavy atom. The van der Waals surface area contributed by atoms with E-state index in [1.165, 1.54) is 0 Å². The molecule has 2 heteroatoms. The molecule has 0 aliphatic rings. The van der Waals surface area contributed by atoms with E-state index in [0.29, 0.717) is 6.61 Å². The Bertz CT molecular complexity index is 322. The van der Waals surface area contributed by atoms with E-state index in [4.69, 9.17) is 4.74 Å². The van der Waals surface area contributed by atoms with E-state index in [1.54, 1.807) is 0 Å². The molecule has 1 aromatic carbocycles. The van der Waals surface area contributed by atoms with Gasteiger partial charge < -0.3 is 4.74 Å². The number of ketones is 1. The molecule has 0 aromatic heterocycles. The molecule has 0 heterocycles. The highest BCUT2D eigenvalue weighted by molar-refractivity contribution is 5.96. The zero-order chi connectivity index (χ0) is 12.0. The van der Waals surface area contributed by atoms with Gasteiger partial charge in [0.15, 0.2) is 5.78 Å². The molecule has 0 fully saturated rings. The number of ether oxygens (including phenoxy) is 1. The molecule has 0 spiro atoms. The quantitative estimate of drug-likeness (QED) is 0.562. The van der Waals surface area contributed by atoms with E-state index >= 15 is 0 Å². The molecule has 2 nitrogen and oxygen atoms in total. The first-order chi connectivity index (χ1) is 7.49. The molecule has 88 valence electrons. The van der Waals surface area contributed by atoms with Crippen molar-refractivity contribution in [3.05, 3.63) is 35.9 Å². The summed E-state index contributed by atoms with van der Waals surface area (Å²) in [5.41, 5.74) is 0.980. The fourth-order valence-electron chi connectivity index (χ4n) is 1.25. The van der Waals surface area contributed by atoms with E-state index in [9.17, 15) is 4.79 Å². The third kappa shape index (κ3) is 5.08. The molecule has 0 aliphatic carbocycles. The monoisotopic (exact) mass is 220 g/mol. The van der Waals surface area contributed by atoms with Gasteiger partial charge >= 0.3 is 0 Å². The summed E-state index contributed by atoms with van der Waals surface area (Å²) in [5, 5.41) is 0. The van der Waals surface area contributed by atoms with Crippen molar-refractivity contribution < 1.29 is 9.53 Å². The Morgan fingerprint density at radius 2 is 1.81 bits per heavy atom. The van der Waals surface area contributed by atoms with Gasteiger partial charge in [0.2, 0.25) is 0 Å². The van der Waals surface area contributed by atoms with Gasteiger partial charge in [-0.05, 0) is 11.8 Å². The second-order valence-electron chi connectivity index (χ2n) is 5.15. The third-order valence-electron chi connectivity index (χ3n) is 2.33. The van der Waals surface area contributed by atoms with Gasteiger partial charge in [-0.2, -0.15) is 0 Å². The minimum atomic E-state index is 0.0505. The number of carbonyl (C=O) groups is 1. The van der Waals surface area contributed by atoms with Crippen molar-refractivity contribution in [2.75, 3.05) is 13.2 Å².